The minimum absolute atomic E-state index is 0.0653. The highest BCUT2D eigenvalue weighted by Crippen LogP contribution is 2.38. The lowest BCUT2D eigenvalue weighted by Gasteiger charge is -2.27. The zero-order valence-electron chi connectivity index (χ0n) is 11.5. The molecular formula is C18H17FO. The van der Waals surface area contributed by atoms with Gasteiger partial charge in [-0.3, -0.25) is 4.79 Å². The van der Waals surface area contributed by atoms with E-state index in [1.807, 2.05) is 31.2 Å². The number of carbonyl (C=O) groups is 1. The van der Waals surface area contributed by atoms with Crippen LogP contribution in [-0.2, 0) is 0 Å². The van der Waals surface area contributed by atoms with E-state index < -0.39 is 0 Å². The summed E-state index contributed by atoms with van der Waals surface area (Å²) in [7, 11) is 0. The maximum Gasteiger partial charge on any atom is 0.193 e. The Hall–Kier alpha value is -1.96. The van der Waals surface area contributed by atoms with Gasteiger partial charge >= 0.3 is 0 Å². The highest BCUT2D eigenvalue weighted by Gasteiger charge is 2.25. The Morgan fingerprint density at radius 1 is 1.10 bits per heavy atom. The Morgan fingerprint density at radius 2 is 1.85 bits per heavy atom. The minimum Gasteiger partial charge on any atom is -0.289 e. The first-order chi connectivity index (χ1) is 9.66. The summed E-state index contributed by atoms with van der Waals surface area (Å²) < 4.78 is 13.4. The number of benzene rings is 2. The summed E-state index contributed by atoms with van der Waals surface area (Å²) in [6.07, 6.45) is 3.52. The lowest BCUT2D eigenvalue weighted by Crippen LogP contribution is -2.15. The summed E-state index contributed by atoms with van der Waals surface area (Å²) in [6.45, 7) is 1.85. The van der Waals surface area contributed by atoms with Crippen LogP contribution in [0.3, 0.4) is 0 Å². The van der Waals surface area contributed by atoms with Gasteiger partial charge in [-0.25, -0.2) is 4.39 Å². The molecule has 1 saturated carbocycles. The van der Waals surface area contributed by atoms with Crippen molar-refractivity contribution in [2.45, 2.75) is 32.1 Å². The molecule has 0 aliphatic heterocycles. The van der Waals surface area contributed by atoms with E-state index in [0.29, 0.717) is 11.5 Å². The van der Waals surface area contributed by atoms with Crippen LogP contribution in [0.1, 0.15) is 52.2 Å². The van der Waals surface area contributed by atoms with Crippen molar-refractivity contribution >= 4 is 5.78 Å². The zero-order valence-corrected chi connectivity index (χ0v) is 11.5. The van der Waals surface area contributed by atoms with E-state index in [1.165, 1.54) is 18.6 Å². The molecule has 1 nitrogen and oxygen atoms in total. The van der Waals surface area contributed by atoms with Gasteiger partial charge in [-0.2, -0.15) is 0 Å². The van der Waals surface area contributed by atoms with Gasteiger partial charge in [-0.15, -0.1) is 0 Å². The van der Waals surface area contributed by atoms with Gasteiger partial charge in [-0.1, -0.05) is 36.8 Å². The van der Waals surface area contributed by atoms with E-state index >= 15 is 0 Å². The molecule has 2 aromatic rings. The summed E-state index contributed by atoms with van der Waals surface area (Å²) in [5, 5.41) is 0. The van der Waals surface area contributed by atoms with Crippen LogP contribution in [0.2, 0.25) is 0 Å². The topological polar surface area (TPSA) is 17.1 Å². The van der Waals surface area contributed by atoms with E-state index in [0.717, 1.165) is 29.5 Å². The highest BCUT2D eigenvalue weighted by atomic mass is 19.1. The van der Waals surface area contributed by atoms with Crippen molar-refractivity contribution in [2.75, 3.05) is 0 Å². The molecule has 0 N–H and O–H groups in total. The number of rotatable bonds is 3. The number of halogens is 1. The fourth-order valence-corrected chi connectivity index (χ4v) is 2.76. The standard InChI is InChI=1S/C18H17FO/c1-12-9-10-14(19)11-17(12)18(20)16-8-3-2-7-15(16)13-5-4-6-13/h2-3,7-11,13H,4-6H2,1H3. The molecule has 0 unspecified atom stereocenters. The van der Waals surface area contributed by atoms with Crippen LogP contribution in [0, 0.1) is 12.7 Å². The quantitative estimate of drug-likeness (QED) is 0.741. The van der Waals surface area contributed by atoms with Gasteiger partial charge in [-0.05, 0) is 48.9 Å². The average molecular weight is 268 g/mol. The van der Waals surface area contributed by atoms with E-state index in [4.69, 9.17) is 0 Å². The SMILES string of the molecule is Cc1ccc(F)cc1C(=O)c1ccccc1C1CCC1. The fourth-order valence-electron chi connectivity index (χ4n) is 2.76. The number of hydrogen-bond acceptors (Lipinski definition) is 1. The van der Waals surface area contributed by atoms with Gasteiger partial charge in [0.05, 0.1) is 0 Å². The number of carbonyl (C=O) groups excluding carboxylic acids is 1. The maximum absolute atomic E-state index is 13.4. The summed E-state index contributed by atoms with van der Waals surface area (Å²) in [5.74, 6) is 0.0635. The summed E-state index contributed by atoms with van der Waals surface area (Å²) in [5.41, 5.74) is 3.13. The molecule has 102 valence electrons. The van der Waals surface area contributed by atoms with E-state index in [9.17, 15) is 9.18 Å². The molecule has 2 heteroatoms. The van der Waals surface area contributed by atoms with Crippen molar-refractivity contribution in [3.63, 3.8) is 0 Å². The molecule has 0 atom stereocenters. The predicted octanol–water partition coefficient (Wildman–Crippen LogP) is 4.63. The predicted molar refractivity (Wildman–Crippen MR) is 77.6 cm³/mol. The molecule has 0 saturated heterocycles. The van der Waals surface area contributed by atoms with Crippen LogP contribution < -0.4 is 0 Å². The Balaban J connectivity index is 2.04. The van der Waals surface area contributed by atoms with Crippen LogP contribution in [0.5, 0.6) is 0 Å². The molecule has 0 aromatic heterocycles. The molecule has 0 radical (unpaired) electrons. The van der Waals surface area contributed by atoms with Crippen molar-refractivity contribution in [3.8, 4) is 0 Å². The number of aryl methyl sites for hydroxylation is 1. The van der Waals surface area contributed by atoms with Gasteiger partial charge in [0.2, 0.25) is 0 Å². The van der Waals surface area contributed by atoms with Crippen molar-refractivity contribution in [1.82, 2.24) is 0 Å². The first-order valence-electron chi connectivity index (χ1n) is 7.06. The normalized spacial score (nSPS) is 14.9. The zero-order chi connectivity index (χ0) is 14.1. The van der Waals surface area contributed by atoms with Crippen LogP contribution in [0.25, 0.3) is 0 Å². The second kappa shape index (κ2) is 5.20. The fraction of sp³-hybridized carbons (Fsp3) is 0.278. The second-order valence-corrected chi connectivity index (χ2v) is 5.50. The van der Waals surface area contributed by atoms with Crippen molar-refractivity contribution in [2.24, 2.45) is 0 Å². The molecule has 0 spiro atoms. The minimum atomic E-state index is -0.361. The molecule has 0 heterocycles. The van der Waals surface area contributed by atoms with Gasteiger partial charge in [0.1, 0.15) is 5.82 Å². The lowest BCUT2D eigenvalue weighted by atomic mass is 9.77. The van der Waals surface area contributed by atoms with Crippen LogP contribution in [0.4, 0.5) is 4.39 Å². The highest BCUT2D eigenvalue weighted by molar-refractivity contribution is 6.10. The molecule has 1 aliphatic rings. The third-order valence-electron chi connectivity index (χ3n) is 4.19. The maximum atomic E-state index is 13.4. The van der Waals surface area contributed by atoms with Gasteiger partial charge < -0.3 is 0 Å². The first kappa shape index (κ1) is 13.0. The largest absolute Gasteiger partial charge is 0.289 e. The van der Waals surface area contributed by atoms with Gasteiger partial charge in [0.15, 0.2) is 5.78 Å². The molecule has 0 bridgehead atoms. The molecule has 0 amide bonds. The van der Waals surface area contributed by atoms with E-state index in [2.05, 4.69) is 0 Å². The van der Waals surface area contributed by atoms with Crippen LogP contribution in [-0.4, -0.2) is 5.78 Å². The number of hydrogen-bond donors (Lipinski definition) is 0. The van der Waals surface area contributed by atoms with Crippen molar-refractivity contribution < 1.29 is 9.18 Å². The molecular weight excluding hydrogens is 251 g/mol. The molecule has 20 heavy (non-hydrogen) atoms. The summed E-state index contributed by atoms with van der Waals surface area (Å²) in [4.78, 5) is 12.7. The molecule has 3 rings (SSSR count). The van der Waals surface area contributed by atoms with Crippen molar-refractivity contribution in [3.05, 3.63) is 70.5 Å². The molecule has 2 aromatic carbocycles. The lowest BCUT2D eigenvalue weighted by molar-refractivity contribution is 0.103. The van der Waals surface area contributed by atoms with Crippen molar-refractivity contribution in [1.29, 1.82) is 0 Å². The Morgan fingerprint density at radius 3 is 2.55 bits per heavy atom. The van der Waals surface area contributed by atoms with E-state index in [-0.39, 0.29) is 11.6 Å². The van der Waals surface area contributed by atoms with E-state index in [1.54, 1.807) is 6.07 Å². The van der Waals surface area contributed by atoms with Gasteiger partial charge in [0.25, 0.3) is 0 Å². The molecule has 1 fully saturated rings. The van der Waals surface area contributed by atoms with Gasteiger partial charge in [0, 0.05) is 11.1 Å². The average Bonchev–Trinajstić information content (AvgIpc) is 2.39. The third kappa shape index (κ3) is 2.26. The monoisotopic (exact) mass is 268 g/mol. The Labute approximate surface area is 118 Å². The summed E-state index contributed by atoms with van der Waals surface area (Å²) >= 11 is 0. The molecule has 1 aliphatic carbocycles. The Bertz CT molecular complexity index is 656. The smallest absolute Gasteiger partial charge is 0.193 e. The van der Waals surface area contributed by atoms with Crippen LogP contribution >= 0.6 is 0 Å². The number of ketones is 1. The third-order valence-corrected chi connectivity index (χ3v) is 4.19. The first-order valence-corrected chi connectivity index (χ1v) is 7.06. The second-order valence-electron chi connectivity index (χ2n) is 5.50. The Kier molecular flexibility index (Phi) is 3.39. The van der Waals surface area contributed by atoms with Crippen LogP contribution in [0.15, 0.2) is 42.5 Å². The summed E-state index contributed by atoms with van der Waals surface area (Å²) in [6, 6.07) is 12.1.